The summed E-state index contributed by atoms with van der Waals surface area (Å²) < 4.78 is 0. The van der Waals surface area contributed by atoms with E-state index in [0.29, 0.717) is 6.42 Å². The smallest absolute Gasteiger partial charge is 0.303 e. The zero-order valence-corrected chi connectivity index (χ0v) is 15.9. The summed E-state index contributed by atoms with van der Waals surface area (Å²) in [5, 5.41) is 9.50. The molecule has 0 unspecified atom stereocenters. The molecule has 0 rings (SSSR count). The molecule has 3 heteroatoms. The maximum absolute atomic E-state index is 10.1. The lowest BCUT2D eigenvalue weighted by molar-refractivity contribution is -0.137. The van der Waals surface area contributed by atoms with Crippen LogP contribution in [0.5, 0.6) is 0 Å². The van der Waals surface area contributed by atoms with E-state index in [9.17, 15) is 4.79 Å². The molecule has 0 aliphatic rings. The van der Waals surface area contributed by atoms with E-state index in [2.05, 4.69) is 29.8 Å². The molecule has 0 atom stereocenters. The number of unbranched alkanes of at least 4 members (excludes halogenated alkanes) is 11. The average Bonchev–Trinajstić information content (AvgIpc) is 2.47. The molecule has 0 aliphatic heterocycles. The Hall–Kier alpha value is -0.0500. The lowest BCUT2D eigenvalue weighted by atomic mass is 10.1. The van der Waals surface area contributed by atoms with E-state index in [4.69, 9.17) is 5.11 Å². The van der Waals surface area contributed by atoms with Gasteiger partial charge in [-0.25, -0.2) is 0 Å². The van der Waals surface area contributed by atoms with E-state index in [1.807, 2.05) is 0 Å². The van der Waals surface area contributed by atoms with Gasteiger partial charge in [-0.2, -0.15) is 0 Å². The number of rotatable bonds is 14. The minimum absolute atomic E-state index is 0.339. The predicted octanol–water partition coefficient (Wildman–Crippen LogP) is 6.95. The van der Waals surface area contributed by atoms with Crippen molar-refractivity contribution < 1.29 is 9.90 Å². The lowest BCUT2D eigenvalue weighted by Gasteiger charge is -1.97. The predicted molar refractivity (Wildman–Crippen MR) is 97.4 cm³/mol. The Labute approximate surface area is 141 Å². The first kappa shape index (κ1) is 23.2. The number of carboxylic acid groups (broad SMARTS) is 1. The van der Waals surface area contributed by atoms with Crippen LogP contribution in [0.1, 0.15) is 104 Å². The second-order valence-corrected chi connectivity index (χ2v) is 6.51. The van der Waals surface area contributed by atoms with E-state index >= 15 is 0 Å². The molecule has 0 spiro atoms. The summed E-state index contributed by atoms with van der Waals surface area (Å²) in [5.74, 6) is -0.666. The Morgan fingerprint density at radius 2 is 1.10 bits per heavy atom. The van der Waals surface area contributed by atoms with Crippen LogP contribution in [0.15, 0.2) is 0 Å². The fraction of sp³-hybridized carbons (Fsp3) is 0.944. The highest BCUT2D eigenvalue weighted by atomic mass is 79.9. The molecule has 0 fully saturated rings. The molecule has 0 aromatic rings. The molecule has 1 N–H and O–H groups in total. The molecule has 0 amide bonds. The van der Waals surface area contributed by atoms with Gasteiger partial charge in [-0.15, -0.1) is 0 Å². The van der Waals surface area contributed by atoms with Crippen LogP contribution in [0.4, 0.5) is 0 Å². The first-order valence-corrected chi connectivity index (χ1v) is 10.1. The van der Waals surface area contributed by atoms with Crippen molar-refractivity contribution in [1.29, 1.82) is 0 Å². The summed E-state index contributed by atoms with van der Waals surface area (Å²) in [6, 6.07) is 0. The molecule has 0 aliphatic carbocycles. The molecule has 0 aromatic carbocycles. The van der Waals surface area contributed by atoms with Gasteiger partial charge in [0, 0.05) is 11.8 Å². The molecule has 128 valence electrons. The maximum Gasteiger partial charge on any atom is 0.303 e. The van der Waals surface area contributed by atoms with E-state index in [1.165, 1.54) is 76.0 Å². The minimum atomic E-state index is -0.666. The largest absolute Gasteiger partial charge is 0.481 e. The molecule has 0 radical (unpaired) electrons. The van der Waals surface area contributed by atoms with E-state index < -0.39 is 5.97 Å². The van der Waals surface area contributed by atoms with Gasteiger partial charge < -0.3 is 5.11 Å². The van der Waals surface area contributed by atoms with Crippen molar-refractivity contribution in [2.75, 3.05) is 5.33 Å². The van der Waals surface area contributed by atoms with Gasteiger partial charge in [0.15, 0.2) is 0 Å². The van der Waals surface area contributed by atoms with Crippen LogP contribution in [-0.2, 0) is 4.79 Å². The van der Waals surface area contributed by atoms with Gasteiger partial charge in [0.1, 0.15) is 0 Å². The van der Waals surface area contributed by atoms with Gasteiger partial charge in [-0.1, -0.05) is 100 Å². The molecular weight excluding hydrogens is 328 g/mol. The lowest BCUT2D eigenvalue weighted by Crippen LogP contribution is -1.93. The van der Waals surface area contributed by atoms with Crippen LogP contribution in [0.3, 0.4) is 0 Å². The third kappa shape index (κ3) is 28.8. The third-order valence-corrected chi connectivity index (χ3v) is 4.04. The highest BCUT2D eigenvalue weighted by Gasteiger charge is 1.95. The summed E-state index contributed by atoms with van der Waals surface area (Å²) in [5.41, 5.74) is 0. The van der Waals surface area contributed by atoms with Gasteiger partial charge in [0.2, 0.25) is 0 Å². The van der Waals surface area contributed by atoms with Crippen molar-refractivity contribution in [3.63, 3.8) is 0 Å². The number of hydrogen-bond acceptors (Lipinski definition) is 1. The monoisotopic (exact) mass is 364 g/mol. The fourth-order valence-corrected chi connectivity index (χ4v) is 2.50. The van der Waals surface area contributed by atoms with E-state index in [-0.39, 0.29) is 0 Å². The van der Waals surface area contributed by atoms with Gasteiger partial charge in [0.05, 0.1) is 0 Å². The standard InChI is InChI=1S/C9H19Br.C9H18O2/c1-2-3-4-5-6-7-8-9-10;1-2-3-4-5-6-7-8-9(10)11/h2-9H2,1H3;2-8H2,1H3,(H,10,11). The number of aliphatic carboxylic acids is 1. The number of halogens is 1. The molecular formula is C18H37BrO2. The Morgan fingerprint density at radius 1 is 0.714 bits per heavy atom. The second-order valence-electron chi connectivity index (χ2n) is 5.72. The summed E-state index contributed by atoms with van der Waals surface area (Å²) in [6.45, 7) is 4.44. The fourth-order valence-electron chi connectivity index (χ4n) is 2.11. The molecule has 0 saturated heterocycles. The van der Waals surface area contributed by atoms with Crippen LogP contribution in [-0.4, -0.2) is 16.4 Å². The number of carbonyl (C=O) groups is 1. The van der Waals surface area contributed by atoms with Crippen molar-refractivity contribution in [3.05, 3.63) is 0 Å². The summed E-state index contributed by atoms with van der Waals surface area (Å²) in [4.78, 5) is 10.1. The number of hydrogen-bond donors (Lipinski definition) is 1. The highest BCUT2D eigenvalue weighted by Crippen LogP contribution is 2.07. The van der Waals surface area contributed by atoms with Crippen LogP contribution < -0.4 is 0 Å². The molecule has 0 heterocycles. The van der Waals surface area contributed by atoms with Crippen LogP contribution in [0.2, 0.25) is 0 Å². The average molecular weight is 365 g/mol. The highest BCUT2D eigenvalue weighted by molar-refractivity contribution is 9.09. The number of alkyl halides is 1. The second kappa shape index (κ2) is 22.2. The third-order valence-electron chi connectivity index (χ3n) is 3.48. The van der Waals surface area contributed by atoms with E-state index in [1.54, 1.807) is 0 Å². The van der Waals surface area contributed by atoms with Crippen LogP contribution >= 0.6 is 15.9 Å². The topological polar surface area (TPSA) is 37.3 Å². The Morgan fingerprint density at radius 3 is 1.48 bits per heavy atom. The first-order chi connectivity index (χ1) is 10.2. The van der Waals surface area contributed by atoms with E-state index in [0.717, 1.165) is 12.8 Å². The summed E-state index contributed by atoms with van der Waals surface area (Å²) >= 11 is 3.43. The Balaban J connectivity index is 0. The number of carboxylic acids is 1. The SMILES string of the molecule is CCCCCCCCC(=O)O.CCCCCCCCCBr. The van der Waals surface area contributed by atoms with Crippen molar-refractivity contribution in [3.8, 4) is 0 Å². The molecule has 0 saturated carbocycles. The maximum atomic E-state index is 10.1. The quantitative estimate of drug-likeness (QED) is 0.267. The van der Waals surface area contributed by atoms with Crippen molar-refractivity contribution in [2.45, 2.75) is 104 Å². The zero-order valence-electron chi connectivity index (χ0n) is 14.3. The van der Waals surface area contributed by atoms with Gasteiger partial charge in [-0.05, 0) is 12.8 Å². The minimum Gasteiger partial charge on any atom is -0.481 e. The zero-order chi connectivity index (χ0) is 16.2. The Bertz CT molecular complexity index is 188. The van der Waals surface area contributed by atoms with Crippen molar-refractivity contribution >= 4 is 21.9 Å². The summed E-state index contributed by atoms with van der Waals surface area (Å²) in [6.07, 6.45) is 17.1. The van der Waals surface area contributed by atoms with Crippen LogP contribution in [0.25, 0.3) is 0 Å². The van der Waals surface area contributed by atoms with Crippen molar-refractivity contribution in [2.24, 2.45) is 0 Å². The normalized spacial score (nSPS) is 10.0. The van der Waals surface area contributed by atoms with Gasteiger partial charge in [-0.3, -0.25) is 4.79 Å². The summed E-state index contributed by atoms with van der Waals surface area (Å²) in [7, 11) is 0. The van der Waals surface area contributed by atoms with Crippen molar-refractivity contribution in [1.82, 2.24) is 0 Å². The molecule has 21 heavy (non-hydrogen) atoms. The van der Waals surface area contributed by atoms with Crippen LogP contribution in [0, 0.1) is 0 Å². The Kier molecular flexibility index (Phi) is 24.6. The first-order valence-electron chi connectivity index (χ1n) is 8.96. The molecule has 2 nitrogen and oxygen atoms in total. The van der Waals surface area contributed by atoms with Gasteiger partial charge >= 0.3 is 5.97 Å². The molecule has 0 aromatic heterocycles. The van der Waals surface area contributed by atoms with Gasteiger partial charge in [0.25, 0.3) is 0 Å². The molecule has 0 bridgehead atoms.